The van der Waals surface area contributed by atoms with E-state index < -0.39 is 5.41 Å². The third-order valence-electron chi connectivity index (χ3n) is 11.5. The summed E-state index contributed by atoms with van der Waals surface area (Å²) in [5.74, 6) is 1.82. The van der Waals surface area contributed by atoms with Crippen LogP contribution in [0.4, 0.5) is 0 Å². The molecule has 3 aromatic heterocycles. The summed E-state index contributed by atoms with van der Waals surface area (Å²) in [7, 11) is 0. The van der Waals surface area contributed by atoms with Crippen molar-refractivity contribution in [2.45, 2.75) is 51.9 Å². The molecule has 1 spiro atoms. The minimum absolute atomic E-state index is 0.433. The number of rotatable bonds is 4. The van der Waals surface area contributed by atoms with Crippen LogP contribution in [0.2, 0.25) is 0 Å². The molecule has 0 fully saturated rings. The number of para-hydroxylation sites is 1. The smallest absolute Gasteiger partial charge is 0.138 e. The number of nitrogens with zero attached hydrogens (tertiary/aromatic N) is 3. The highest BCUT2D eigenvalue weighted by atomic mass is 15.1. The molecule has 0 atom stereocenters. The molecule has 0 aliphatic heterocycles. The molecule has 0 N–H and O–H groups in total. The molecule has 0 amide bonds. The Labute approximate surface area is 299 Å². The number of hydrogen-bond donors (Lipinski definition) is 0. The molecule has 3 heteroatoms. The van der Waals surface area contributed by atoms with Crippen molar-refractivity contribution < 1.29 is 0 Å². The van der Waals surface area contributed by atoms with Crippen LogP contribution in [-0.4, -0.2) is 14.5 Å². The highest BCUT2D eigenvalue weighted by Gasteiger charge is 2.52. The van der Waals surface area contributed by atoms with Gasteiger partial charge in [-0.3, -0.25) is 9.55 Å². The van der Waals surface area contributed by atoms with E-state index in [-0.39, 0.29) is 0 Å². The van der Waals surface area contributed by atoms with Crippen molar-refractivity contribution in [2.24, 2.45) is 0 Å². The minimum Gasteiger partial charge on any atom is -0.294 e. The highest BCUT2D eigenvalue weighted by Crippen LogP contribution is 2.63. The van der Waals surface area contributed by atoms with Gasteiger partial charge >= 0.3 is 0 Å². The third kappa shape index (κ3) is 4.12. The van der Waals surface area contributed by atoms with E-state index in [1.54, 1.807) is 0 Å². The maximum atomic E-state index is 5.66. The summed E-state index contributed by atoms with van der Waals surface area (Å²) in [5.41, 5.74) is 17.9. The molecule has 5 aromatic carbocycles. The fourth-order valence-corrected chi connectivity index (χ4v) is 8.99. The lowest BCUT2D eigenvalue weighted by Gasteiger charge is -2.30. The Kier molecular flexibility index (Phi) is 6.39. The van der Waals surface area contributed by atoms with Crippen LogP contribution < -0.4 is 0 Å². The van der Waals surface area contributed by atoms with Gasteiger partial charge in [0.05, 0.1) is 27.8 Å². The van der Waals surface area contributed by atoms with E-state index in [4.69, 9.17) is 9.97 Å². The fourth-order valence-electron chi connectivity index (χ4n) is 8.99. The second kappa shape index (κ2) is 10.8. The van der Waals surface area contributed by atoms with Crippen LogP contribution in [0, 0.1) is 6.92 Å². The predicted octanol–water partition coefficient (Wildman–Crippen LogP) is 12.1. The first-order valence-electron chi connectivity index (χ1n) is 18.2. The van der Waals surface area contributed by atoms with Crippen molar-refractivity contribution in [3.63, 3.8) is 0 Å². The first-order chi connectivity index (χ1) is 24.8. The van der Waals surface area contributed by atoms with E-state index in [1.165, 1.54) is 60.8 Å². The lowest BCUT2D eigenvalue weighted by molar-refractivity contribution is 0.785. The van der Waals surface area contributed by atoms with Crippen LogP contribution in [0.15, 0.2) is 133 Å². The SMILES string of the molecule is Cc1cccc(-c2ccc3c4ccccc4n(-c4ccc5c(n4)-c4ccccc4C54c5ccc(C(C)C)cc5-c5cc(C(C)C)ccc54)c3c2)n1. The Bertz CT molecular complexity index is 2670. The molecule has 0 bridgehead atoms. The summed E-state index contributed by atoms with van der Waals surface area (Å²) in [5, 5.41) is 2.43. The molecule has 51 heavy (non-hydrogen) atoms. The molecule has 3 nitrogen and oxygen atoms in total. The maximum Gasteiger partial charge on any atom is 0.138 e. The molecular formula is C48H39N3. The molecule has 0 unspecified atom stereocenters. The quantitative estimate of drug-likeness (QED) is 0.189. The van der Waals surface area contributed by atoms with Gasteiger partial charge in [-0.15, -0.1) is 0 Å². The Morgan fingerprint density at radius 3 is 1.88 bits per heavy atom. The van der Waals surface area contributed by atoms with E-state index in [2.05, 4.69) is 160 Å². The summed E-state index contributed by atoms with van der Waals surface area (Å²) < 4.78 is 2.35. The molecule has 2 aliphatic rings. The lowest BCUT2D eigenvalue weighted by Crippen LogP contribution is -2.26. The first-order valence-corrected chi connectivity index (χ1v) is 18.2. The number of pyridine rings is 2. The van der Waals surface area contributed by atoms with E-state index in [1.807, 2.05) is 13.0 Å². The normalized spacial score (nSPS) is 13.7. The van der Waals surface area contributed by atoms with Gasteiger partial charge in [0.25, 0.3) is 0 Å². The van der Waals surface area contributed by atoms with Gasteiger partial charge in [0, 0.05) is 27.6 Å². The van der Waals surface area contributed by atoms with Gasteiger partial charge in [0.2, 0.25) is 0 Å². The molecule has 0 saturated carbocycles. The lowest BCUT2D eigenvalue weighted by atomic mass is 9.70. The van der Waals surface area contributed by atoms with Gasteiger partial charge in [-0.05, 0) is 93.6 Å². The highest BCUT2D eigenvalue weighted by molar-refractivity contribution is 6.10. The van der Waals surface area contributed by atoms with Crippen molar-refractivity contribution in [1.29, 1.82) is 0 Å². The molecule has 0 saturated heterocycles. The monoisotopic (exact) mass is 657 g/mol. The molecule has 3 heterocycles. The van der Waals surface area contributed by atoms with Crippen LogP contribution in [0.1, 0.15) is 78.6 Å². The van der Waals surface area contributed by atoms with E-state index in [0.717, 1.165) is 39.5 Å². The fraction of sp³-hybridized carbons (Fsp3) is 0.167. The number of aryl methyl sites for hydroxylation is 1. The van der Waals surface area contributed by atoms with Crippen molar-refractivity contribution in [2.75, 3.05) is 0 Å². The molecule has 10 rings (SSSR count). The Hall–Kier alpha value is -5.80. The number of fused-ring (bicyclic) bond motifs is 13. The summed E-state index contributed by atoms with van der Waals surface area (Å²) in [6, 6.07) is 49.7. The molecular weight excluding hydrogens is 619 g/mol. The Morgan fingerprint density at radius 1 is 0.510 bits per heavy atom. The van der Waals surface area contributed by atoms with Crippen LogP contribution in [0.5, 0.6) is 0 Å². The van der Waals surface area contributed by atoms with Crippen LogP contribution >= 0.6 is 0 Å². The third-order valence-corrected chi connectivity index (χ3v) is 11.5. The average molecular weight is 658 g/mol. The number of hydrogen-bond acceptors (Lipinski definition) is 2. The second-order valence-electron chi connectivity index (χ2n) is 15.0. The molecule has 2 aliphatic carbocycles. The second-order valence-corrected chi connectivity index (χ2v) is 15.0. The van der Waals surface area contributed by atoms with E-state index in [0.29, 0.717) is 11.8 Å². The van der Waals surface area contributed by atoms with Gasteiger partial charge in [-0.2, -0.15) is 0 Å². The minimum atomic E-state index is -0.433. The van der Waals surface area contributed by atoms with Gasteiger partial charge in [0.1, 0.15) is 5.82 Å². The standard InChI is InChI=1S/C48H39N3/c1-28(2)31-18-21-40-37(25-31)38-26-32(29(3)4)19-22-41(38)48(40)39-14-8-6-13-36(39)47-42(48)23-24-46(50-47)51-44-16-9-7-12-34(44)35-20-17-33(27-45(35)51)43-15-10-11-30(5)49-43/h6-29H,1-5H3. The summed E-state index contributed by atoms with van der Waals surface area (Å²) in [6.45, 7) is 11.2. The number of aromatic nitrogens is 3. The van der Waals surface area contributed by atoms with Crippen molar-refractivity contribution in [3.8, 4) is 39.5 Å². The zero-order valence-electron chi connectivity index (χ0n) is 29.7. The summed E-state index contributed by atoms with van der Waals surface area (Å²) in [4.78, 5) is 10.5. The Morgan fingerprint density at radius 2 is 1.16 bits per heavy atom. The topological polar surface area (TPSA) is 30.7 Å². The van der Waals surface area contributed by atoms with Crippen LogP contribution in [0.25, 0.3) is 61.3 Å². The van der Waals surface area contributed by atoms with E-state index in [9.17, 15) is 0 Å². The van der Waals surface area contributed by atoms with Gasteiger partial charge in [-0.1, -0.05) is 131 Å². The Balaban J connectivity index is 1.25. The average Bonchev–Trinajstić information content (AvgIpc) is 3.75. The van der Waals surface area contributed by atoms with E-state index >= 15 is 0 Å². The first kappa shape index (κ1) is 30.1. The zero-order valence-corrected chi connectivity index (χ0v) is 29.7. The van der Waals surface area contributed by atoms with Crippen LogP contribution in [0.3, 0.4) is 0 Å². The van der Waals surface area contributed by atoms with Crippen molar-refractivity contribution in [3.05, 3.63) is 173 Å². The zero-order chi connectivity index (χ0) is 34.6. The molecule has 0 radical (unpaired) electrons. The van der Waals surface area contributed by atoms with Crippen LogP contribution in [-0.2, 0) is 5.41 Å². The van der Waals surface area contributed by atoms with Gasteiger partial charge in [-0.25, -0.2) is 4.98 Å². The van der Waals surface area contributed by atoms with Crippen molar-refractivity contribution >= 4 is 21.8 Å². The van der Waals surface area contributed by atoms with Gasteiger partial charge in [0.15, 0.2) is 0 Å². The van der Waals surface area contributed by atoms with Gasteiger partial charge < -0.3 is 0 Å². The summed E-state index contributed by atoms with van der Waals surface area (Å²) >= 11 is 0. The largest absolute Gasteiger partial charge is 0.294 e. The number of benzene rings is 5. The van der Waals surface area contributed by atoms with Crippen molar-refractivity contribution in [1.82, 2.24) is 14.5 Å². The predicted molar refractivity (Wildman–Crippen MR) is 211 cm³/mol. The maximum absolute atomic E-state index is 5.66. The summed E-state index contributed by atoms with van der Waals surface area (Å²) in [6.07, 6.45) is 0. The molecule has 8 aromatic rings. The molecule has 246 valence electrons.